The van der Waals surface area contributed by atoms with Gasteiger partial charge in [0.05, 0.1) is 12.2 Å². The number of carbonyl (C=O) groups excluding carboxylic acids is 1. The number of rotatable bonds is 3. The third kappa shape index (κ3) is 2.11. The van der Waals surface area contributed by atoms with Crippen molar-refractivity contribution < 1.29 is 9.53 Å². The summed E-state index contributed by atoms with van der Waals surface area (Å²) < 4.78 is 4.73. The first kappa shape index (κ1) is 9.38. The molecule has 68 valence electrons. The van der Waals surface area contributed by atoms with Gasteiger partial charge in [-0.05, 0) is 24.2 Å². The highest BCUT2D eigenvalue weighted by molar-refractivity contribution is 5.94. The zero-order valence-corrected chi connectivity index (χ0v) is 7.19. The van der Waals surface area contributed by atoms with E-state index in [4.69, 9.17) is 4.74 Å². The van der Waals surface area contributed by atoms with Crippen LogP contribution in [0, 0.1) is 4.91 Å². The van der Waals surface area contributed by atoms with E-state index in [9.17, 15) is 9.70 Å². The van der Waals surface area contributed by atoms with Gasteiger partial charge >= 0.3 is 5.97 Å². The summed E-state index contributed by atoms with van der Waals surface area (Å²) in [4.78, 5) is 21.5. The SMILES string of the molecule is CCOC(=O)c1ccccc1N=O. The molecule has 0 aliphatic carbocycles. The van der Waals surface area contributed by atoms with Crippen LogP contribution in [0.4, 0.5) is 5.69 Å². The average Bonchev–Trinajstić information content (AvgIpc) is 2.18. The first-order valence-corrected chi connectivity index (χ1v) is 3.89. The van der Waals surface area contributed by atoms with Crippen LogP contribution in [-0.4, -0.2) is 12.6 Å². The topological polar surface area (TPSA) is 55.7 Å². The lowest BCUT2D eigenvalue weighted by atomic mass is 10.2. The number of nitrogens with zero attached hydrogens (tertiary/aromatic N) is 1. The van der Waals surface area contributed by atoms with Gasteiger partial charge in [-0.15, -0.1) is 4.91 Å². The predicted molar refractivity (Wildman–Crippen MR) is 47.9 cm³/mol. The second kappa shape index (κ2) is 4.35. The van der Waals surface area contributed by atoms with Crippen molar-refractivity contribution in [2.24, 2.45) is 5.18 Å². The molecule has 0 N–H and O–H groups in total. The molecule has 4 heteroatoms. The Hall–Kier alpha value is -1.71. The van der Waals surface area contributed by atoms with Crippen LogP contribution in [0.25, 0.3) is 0 Å². The third-order valence-corrected chi connectivity index (χ3v) is 1.50. The van der Waals surface area contributed by atoms with Crippen molar-refractivity contribution >= 4 is 11.7 Å². The van der Waals surface area contributed by atoms with E-state index in [1.165, 1.54) is 12.1 Å². The minimum atomic E-state index is -0.516. The minimum absolute atomic E-state index is 0.112. The highest BCUT2D eigenvalue weighted by Crippen LogP contribution is 2.18. The van der Waals surface area contributed by atoms with Crippen LogP contribution in [-0.2, 0) is 4.74 Å². The average molecular weight is 179 g/mol. The maximum absolute atomic E-state index is 11.2. The van der Waals surface area contributed by atoms with Crippen molar-refractivity contribution in [3.63, 3.8) is 0 Å². The summed E-state index contributed by atoms with van der Waals surface area (Å²) in [7, 11) is 0. The van der Waals surface area contributed by atoms with Crippen LogP contribution in [0.15, 0.2) is 29.4 Å². The lowest BCUT2D eigenvalue weighted by molar-refractivity contribution is 0.0527. The Morgan fingerprint density at radius 3 is 2.77 bits per heavy atom. The highest BCUT2D eigenvalue weighted by atomic mass is 16.5. The molecule has 0 radical (unpaired) electrons. The molecule has 0 fully saturated rings. The molecular weight excluding hydrogens is 170 g/mol. The van der Waals surface area contributed by atoms with E-state index in [2.05, 4.69) is 5.18 Å². The minimum Gasteiger partial charge on any atom is -0.462 e. The van der Waals surface area contributed by atoms with Crippen LogP contribution in [0.1, 0.15) is 17.3 Å². The van der Waals surface area contributed by atoms with Crippen LogP contribution >= 0.6 is 0 Å². The zero-order valence-electron chi connectivity index (χ0n) is 7.19. The second-order valence-electron chi connectivity index (χ2n) is 2.33. The van der Waals surface area contributed by atoms with Crippen molar-refractivity contribution in [1.82, 2.24) is 0 Å². The lowest BCUT2D eigenvalue weighted by Crippen LogP contribution is -2.04. The Morgan fingerprint density at radius 2 is 2.15 bits per heavy atom. The molecule has 0 amide bonds. The zero-order chi connectivity index (χ0) is 9.68. The molecule has 0 saturated heterocycles. The largest absolute Gasteiger partial charge is 0.462 e. The van der Waals surface area contributed by atoms with E-state index in [1.807, 2.05) is 0 Å². The van der Waals surface area contributed by atoms with Crippen LogP contribution in [0.2, 0.25) is 0 Å². The Kier molecular flexibility index (Phi) is 3.14. The molecule has 0 bridgehead atoms. The maximum atomic E-state index is 11.2. The number of nitroso groups, excluding NO2 is 1. The second-order valence-corrected chi connectivity index (χ2v) is 2.33. The van der Waals surface area contributed by atoms with Gasteiger partial charge in [-0.25, -0.2) is 4.79 Å². The normalized spacial score (nSPS) is 9.31. The molecule has 4 nitrogen and oxygen atoms in total. The highest BCUT2D eigenvalue weighted by Gasteiger charge is 2.11. The Bertz CT molecular complexity index is 322. The van der Waals surface area contributed by atoms with E-state index in [-0.39, 0.29) is 17.9 Å². The Morgan fingerprint density at radius 1 is 1.46 bits per heavy atom. The maximum Gasteiger partial charge on any atom is 0.340 e. The summed E-state index contributed by atoms with van der Waals surface area (Å²) in [6, 6.07) is 6.27. The fraction of sp³-hybridized carbons (Fsp3) is 0.222. The fourth-order valence-electron chi connectivity index (χ4n) is 0.935. The molecule has 0 aliphatic rings. The van der Waals surface area contributed by atoms with E-state index in [0.29, 0.717) is 0 Å². The first-order valence-electron chi connectivity index (χ1n) is 3.89. The Balaban J connectivity index is 2.98. The summed E-state index contributed by atoms with van der Waals surface area (Å²) in [5, 5.41) is 2.72. The molecule has 0 atom stereocenters. The first-order chi connectivity index (χ1) is 6.29. The number of carbonyl (C=O) groups is 1. The van der Waals surface area contributed by atoms with Gasteiger partial charge in [0.2, 0.25) is 0 Å². The molecule has 1 aromatic carbocycles. The van der Waals surface area contributed by atoms with Gasteiger partial charge in [-0.1, -0.05) is 12.1 Å². The van der Waals surface area contributed by atoms with Crippen LogP contribution in [0.5, 0.6) is 0 Å². The molecule has 1 rings (SSSR count). The van der Waals surface area contributed by atoms with Gasteiger partial charge < -0.3 is 4.74 Å². The lowest BCUT2D eigenvalue weighted by Gasteiger charge is -2.01. The molecular formula is C9H9NO3. The number of hydrogen-bond donors (Lipinski definition) is 0. The van der Waals surface area contributed by atoms with Gasteiger partial charge in [0.1, 0.15) is 5.69 Å². The number of benzene rings is 1. The van der Waals surface area contributed by atoms with E-state index < -0.39 is 5.97 Å². The molecule has 0 spiro atoms. The third-order valence-electron chi connectivity index (χ3n) is 1.50. The van der Waals surface area contributed by atoms with Crippen LogP contribution < -0.4 is 0 Å². The van der Waals surface area contributed by atoms with Gasteiger partial charge in [0.15, 0.2) is 0 Å². The standard InChI is InChI=1S/C9H9NO3/c1-2-13-9(11)7-5-3-4-6-8(7)10-12/h3-6H,2H2,1H3. The van der Waals surface area contributed by atoms with Crippen molar-refractivity contribution in [3.05, 3.63) is 34.7 Å². The van der Waals surface area contributed by atoms with Gasteiger partial charge in [-0.3, -0.25) is 0 Å². The van der Waals surface area contributed by atoms with Gasteiger partial charge in [0.25, 0.3) is 0 Å². The molecule has 1 aromatic rings. The van der Waals surface area contributed by atoms with Crippen molar-refractivity contribution in [3.8, 4) is 0 Å². The van der Waals surface area contributed by atoms with Crippen molar-refractivity contribution in [2.75, 3.05) is 6.61 Å². The molecule has 0 aromatic heterocycles. The summed E-state index contributed by atoms with van der Waals surface area (Å²) in [5.74, 6) is -0.516. The number of hydrogen-bond acceptors (Lipinski definition) is 4. The van der Waals surface area contributed by atoms with Crippen molar-refractivity contribution in [1.29, 1.82) is 0 Å². The van der Waals surface area contributed by atoms with Gasteiger partial charge in [-0.2, -0.15) is 0 Å². The van der Waals surface area contributed by atoms with E-state index >= 15 is 0 Å². The predicted octanol–water partition coefficient (Wildman–Crippen LogP) is 2.26. The van der Waals surface area contributed by atoms with Crippen molar-refractivity contribution in [2.45, 2.75) is 6.92 Å². The monoisotopic (exact) mass is 179 g/mol. The van der Waals surface area contributed by atoms with Crippen LogP contribution in [0.3, 0.4) is 0 Å². The summed E-state index contributed by atoms with van der Waals surface area (Å²) in [6.45, 7) is 1.99. The smallest absolute Gasteiger partial charge is 0.340 e. The molecule has 0 unspecified atom stereocenters. The molecule has 13 heavy (non-hydrogen) atoms. The summed E-state index contributed by atoms with van der Waals surface area (Å²) in [5.41, 5.74) is 0.320. The molecule has 0 saturated carbocycles. The van der Waals surface area contributed by atoms with E-state index in [1.54, 1.807) is 19.1 Å². The number of esters is 1. The number of ether oxygens (including phenoxy) is 1. The van der Waals surface area contributed by atoms with Gasteiger partial charge in [0, 0.05) is 0 Å². The summed E-state index contributed by atoms with van der Waals surface area (Å²) in [6.07, 6.45) is 0. The summed E-state index contributed by atoms with van der Waals surface area (Å²) >= 11 is 0. The molecule has 0 aliphatic heterocycles. The Labute approximate surface area is 75.5 Å². The fourth-order valence-corrected chi connectivity index (χ4v) is 0.935. The quantitative estimate of drug-likeness (QED) is 0.528. The van der Waals surface area contributed by atoms with E-state index in [0.717, 1.165) is 0 Å². The molecule has 0 heterocycles.